The Balaban J connectivity index is 1.73. The molecule has 0 spiro atoms. The third-order valence-corrected chi connectivity index (χ3v) is 5.12. The highest BCUT2D eigenvalue weighted by molar-refractivity contribution is 6.30. The summed E-state index contributed by atoms with van der Waals surface area (Å²) in [6.45, 7) is 5.87. The highest BCUT2D eigenvalue weighted by atomic mass is 35.5. The second-order valence-corrected chi connectivity index (χ2v) is 7.02. The van der Waals surface area contributed by atoms with Gasteiger partial charge in [0.2, 0.25) is 6.73 Å². The van der Waals surface area contributed by atoms with E-state index in [0.717, 1.165) is 45.9 Å². The van der Waals surface area contributed by atoms with Crippen molar-refractivity contribution in [1.82, 2.24) is 0 Å². The van der Waals surface area contributed by atoms with E-state index >= 15 is 0 Å². The predicted molar refractivity (Wildman–Crippen MR) is 97.3 cm³/mol. The number of quaternary nitrogens is 1. The third-order valence-electron chi connectivity index (χ3n) is 4.89. The number of halogens is 1. The monoisotopic (exact) mass is 356 g/mol. The molecular weight excluding hydrogens is 338 g/mol. The van der Waals surface area contributed by atoms with E-state index in [9.17, 15) is 4.79 Å². The Kier molecular flexibility index (Phi) is 4.02. The van der Waals surface area contributed by atoms with Crippen molar-refractivity contribution in [3.63, 3.8) is 0 Å². The van der Waals surface area contributed by atoms with Crippen molar-refractivity contribution in [2.24, 2.45) is 0 Å². The van der Waals surface area contributed by atoms with Gasteiger partial charge in [0.1, 0.15) is 18.8 Å². The number of ether oxygens (including phenoxy) is 1. The molecule has 0 bridgehead atoms. The molecular formula is C20H19ClNO3+. The molecule has 4 nitrogen and oxygen atoms in total. The lowest BCUT2D eigenvalue weighted by Crippen LogP contribution is -3.10. The van der Waals surface area contributed by atoms with E-state index in [2.05, 4.69) is 6.07 Å². The van der Waals surface area contributed by atoms with Gasteiger partial charge in [0.25, 0.3) is 0 Å². The van der Waals surface area contributed by atoms with E-state index in [1.165, 1.54) is 4.90 Å². The summed E-state index contributed by atoms with van der Waals surface area (Å²) in [5.74, 6) is 0.800. The molecule has 1 N–H and O–H groups in total. The molecule has 1 atom stereocenters. The quantitative estimate of drug-likeness (QED) is 0.718. The minimum Gasteiger partial charge on any atom is -0.445 e. The van der Waals surface area contributed by atoms with Gasteiger partial charge in [0, 0.05) is 21.5 Å². The molecule has 1 unspecified atom stereocenters. The lowest BCUT2D eigenvalue weighted by Gasteiger charge is -2.26. The topological polar surface area (TPSA) is 43.9 Å². The van der Waals surface area contributed by atoms with E-state index in [1.54, 1.807) is 6.92 Å². The third kappa shape index (κ3) is 2.92. The minimum atomic E-state index is -0.277. The number of hydrogen-bond donors (Lipinski definition) is 1. The summed E-state index contributed by atoms with van der Waals surface area (Å²) in [5.41, 5.74) is 4.11. The van der Waals surface area contributed by atoms with Gasteiger partial charge in [-0.2, -0.15) is 0 Å². The molecule has 1 aromatic heterocycles. The van der Waals surface area contributed by atoms with Crippen molar-refractivity contribution in [1.29, 1.82) is 0 Å². The molecule has 25 heavy (non-hydrogen) atoms. The van der Waals surface area contributed by atoms with Crippen LogP contribution in [-0.2, 0) is 13.1 Å². The van der Waals surface area contributed by atoms with E-state index in [0.29, 0.717) is 17.9 Å². The Bertz CT molecular complexity index is 1030. The molecule has 1 aliphatic heterocycles. The summed E-state index contributed by atoms with van der Waals surface area (Å²) in [6.07, 6.45) is 0. The van der Waals surface area contributed by atoms with Crippen LogP contribution in [0.5, 0.6) is 5.75 Å². The predicted octanol–water partition coefficient (Wildman–Crippen LogP) is 3.00. The number of fused-ring (bicyclic) bond motifs is 3. The first-order valence-electron chi connectivity index (χ1n) is 8.29. The Morgan fingerprint density at radius 3 is 2.80 bits per heavy atom. The lowest BCUT2D eigenvalue weighted by molar-refractivity contribution is -0.945. The second kappa shape index (κ2) is 6.21. The smallest absolute Gasteiger partial charge is 0.339 e. The summed E-state index contributed by atoms with van der Waals surface area (Å²) in [4.78, 5) is 13.4. The fraction of sp³-hybridized carbons (Fsp3) is 0.250. The van der Waals surface area contributed by atoms with Gasteiger partial charge in [0.15, 0.2) is 5.58 Å². The van der Waals surface area contributed by atoms with Gasteiger partial charge < -0.3 is 9.15 Å². The second-order valence-electron chi connectivity index (χ2n) is 6.58. The van der Waals surface area contributed by atoms with Crippen LogP contribution in [0.1, 0.15) is 22.3 Å². The summed E-state index contributed by atoms with van der Waals surface area (Å²) >= 11 is 6.08. The number of nitrogens with one attached hydrogen (secondary N) is 1. The van der Waals surface area contributed by atoms with E-state index in [-0.39, 0.29) is 5.63 Å². The average molecular weight is 357 g/mol. The van der Waals surface area contributed by atoms with E-state index in [4.69, 9.17) is 20.8 Å². The minimum absolute atomic E-state index is 0.277. The van der Waals surface area contributed by atoms with E-state index < -0.39 is 0 Å². The summed E-state index contributed by atoms with van der Waals surface area (Å²) in [6, 6.07) is 11.8. The Labute approximate surface area is 150 Å². The maximum atomic E-state index is 12.1. The first kappa shape index (κ1) is 16.2. The van der Waals surface area contributed by atoms with Crippen LogP contribution in [0, 0.1) is 13.8 Å². The van der Waals surface area contributed by atoms with Crippen molar-refractivity contribution in [3.05, 3.63) is 74.1 Å². The molecule has 2 aromatic carbocycles. The Morgan fingerprint density at radius 1 is 1.16 bits per heavy atom. The number of aryl methyl sites for hydroxylation is 1. The molecule has 0 fully saturated rings. The van der Waals surface area contributed by atoms with Crippen LogP contribution in [0.2, 0.25) is 5.02 Å². The molecule has 5 heteroatoms. The average Bonchev–Trinajstić information content (AvgIpc) is 2.60. The van der Waals surface area contributed by atoms with Gasteiger partial charge in [-0.25, -0.2) is 4.79 Å². The summed E-state index contributed by atoms with van der Waals surface area (Å²) < 4.78 is 11.5. The lowest BCUT2D eigenvalue weighted by atomic mass is 10.0. The van der Waals surface area contributed by atoms with Crippen LogP contribution in [0.25, 0.3) is 11.0 Å². The largest absolute Gasteiger partial charge is 0.445 e. The first-order chi connectivity index (χ1) is 12.0. The van der Waals surface area contributed by atoms with Crippen LogP contribution in [0.3, 0.4) is 0 Å². The molecule has 0 amide bonds. The zero-order chi connectivity index (χ0) is 17.6. The maximum absolute atomic E-state index is 12.1. The van der Waals surface area contributed by atoms with Crippen LogP contribution >= 0.6 is 11.6 Å². The molecule has 0 aliphatic carbocycles. The molecule has 2 heterocycles. The van der Waals surface area contributed by atoms with Crippen LogP contribution in [-0.4, -0.2) is 6.73 Å². The van der Waals surface area contributed by atoms with Crippen molar-refractivity contribution in [3.8, 4) is 5.75 Å². The molecule has 3 aromatic rings. The van der Waals surface area contributed by atoms with Crippen molar-refractivity contribution < 1.29 is 14.1 Å². The fourth-order valence-corrected chi connectivity index (χ4v) is 3.59. The van der Waals surface area contributed by atoms with Crippen molar-refractivity contribution >= 4 is 22.6 Å². The van der Waals surface area contributed by atoms with Crippen molar-refractivity contribution in [2.75, 3.05) is 6.73 Å². The highest BCUT2D eigenvalue weighted by Gasteiger charge is 2.25. The molecule has 0 radical (unpaired) electrons. The molecule has 0 saturated heterocycles. The molecule has 128 valence electrons. The van der Waals surface area contributed by atoms with Crippen molar-refractivity contribution in [2.45, 2.75) is 26.9 Å². The maximum Gasteiger partial charge on any atom is 0.339 e. The first-order valence-corrected chi connectivity index (χ1v) is 8.67. The summed E-state index contributed by atoms with van der Waals surface area (Å²) in [5, 5.41) is 1.71. The van der Waals surface area contributed by atoms with Crippen LogP contribution < -0.4 is 15.3 Å². The van der Waals surface area contributed by atoms with Gasteiger partial charge in [-0.05, 0) is 43.7 Å². The SMILES string of the molecule is Cc1c(C)c2ccc3c(c2oc1=O)C[NH+](Cc1cccc(Cl)c1)CO3. The van der Waals surface area contributed by atoms with Gasteiger partial charge in [-0.3, -0.25) is 4.90 Å². The van der Waals surface area contributed by atoms with Gasteiger partial charge in [-0.1, -0.05) is 23.7 Å². The number of rotatable bonds is 2. The normalized spacial score (nSPS) is 16.5. The highest BCUT2D eigenvalue weighted by Crippen LogP contribution is 2.30. The number of benzene rings is 2. The Morgan fingerprint density at radius 2 is 2.00 bits per heavy atom. The molecule has 1 aliphatic rings. The Hall–Kier alpha value is -2.30. The van der Waals surface area contributed by atoms with Gasteiger partial charge >= 0.3 is 5.63 Å². The molecule has 4 rings (SSSR count). The molecule has 0 saturated carbocycles. The number of hydrogen-bond acceptors (Lipinski definition) is 3. The van der Waals surface area contributed by atoms with Crippen LogP contribution in [0.4, 0.5) is 0 Å². The summed E-state index contributed by atoms with van der Waals surface area (Å²) in [7, 11) is 0. The fourth-order valence-electron chi connectivity index (χ4n) is 3.38. The van der Waals surface area contributed by atoms with E-state index in [1.807, 2.05) is 37.3 Å². The zero-order valence-corrected chi connectivity index (χ0v) is 14.9. The van der Waals surface area contributed by atoms with Gasteiger partial charge in [0.05, 0.1) is 5.56 Å². The standard InChI is InChI=1S/C20H18ClNO3/c1-12-13(2)20(23)25-19-16(12)6-7-18-17(19)10-22(11-24-18)9-14-4-3-5-15(21)8-14/h3-8H,9-11H2,1-2H3/p+1. The van der Waals surface area contributed by atoms with Crippen LogP contribution in [0.15, 0.2) is 45.6 Å². The zero-order valence-electron chi connectivity index (χ0n) is 14.2. The van der Waals surface area contributed by atoms with Gasteiger partial charge in [-0.15, -0.1) is 0 Å².